The second-order valence-electron chi connectivity index (χ2n) is 5.14. The van der Waals surface area contributed by atoms with Crippen molar-refractivity contribution in [2.45, 2.75) is 24.6 Å². The van der Waals surface area contributed by atoms with Crippen molar-refractivity contribution in [2.24, 2.45) is 0 Å². The zero-order chi connectivity index (χ0) is 14.7. The minimum absolute atomic E-state index is 0.0323. The molecule has 1 fully saturated rings. The van der Waals surface area contributed by atoms with E-state index in [2.05, 4.69) is 9.97 Å². The van der Waals surface area contributed by atoms with Gasteiger partial charge in [0.15, 0.2) is 0 Å². The van der Waals surface area contributed by atoms with E-state index in [0.29, 0.717) is 6.54 Å². The van der Waals surface area contributed by atoms with Crippen molar-refractivity contribution in [3.8, 4) is 0 Å². The molecule has 1 aromatic heterocycles. The molecule has 1 atom stereocenters. The fraction of sp³-hybridized carbons (Fsp3) is 0.333. The maximum Gasteiger partial charge on any atom is 0.218 e. The van der Waals surface area contributed by atoms with Gasteiger partial charge in [-0.05, 0) is 18.4 Å². The molecule has 1 aliphatic rings. The summed E-state index contributed by atoms with van der Waals surface area (Å²) in [4.78, 5) is 8.31. The summed E-state index contributed by atoms with van der Waals surface area (Å²) >= 11 is 0. The summed E-state index contributed by atoms with van der Waals surface area (Å²) in [6.07, 6.45) is 6.51. The first-order valence-electron chi connectivity index (χ1n) is 6.96. The topological polar surface area (TPSA) is 63.2 Å². The molecule has 1 saturated heterocycles. The molecule has 5 nitrogen and oxygen atoms in total. The first kappa shape index (κ1) is 14.2. The summed E-state index contributed by atoms with van der Waals surface area (Å²) in [5.41, 5.74) is 1.54. The lowest BCUT2D eigenvalue weighted by molar-refractivity contribution is 0.389. The fourth-order valence-corrected chi connectivity index (χ4v) is 4.51. The monoisotopic (exact) mass is 303 g/mol. The van der Waals surface area contributed by atoms with E-state index in [1.807, 2.05) is 30.3 Å². The maximum absolute atomic E-state index is 12.7. The van der Waals surface area contributed by atoms with Gasteiger partial charge >= 0.3 is 0 Å². The molecule has 3 rings (SSSR count). The van der Waals surface area contributed by atoms with Crippen molar-refractivity contribution in [2.75, 3.05) is 6.54 Å². The van der Waals surface area contributed by atoms with Crippen molar-refractivity contribution in [1.29, 1.82) is 0 Å². The first-order chi connectivity index (χ1) is 10.2. The molecule has 2 aromatic rings. The lowest BCUT2D eigenvalue weighted by atomic mass is 10.2. The van der Waals surface area contributed by atoms with Crippen molar-refractivity contribution < 1.29 is 8.42 Å². The van der Waals surface area contributed by atoms with Crippen molar-refractivity contribution in [3.63, 3.8) is 0 Å². The van der Waals surface area contributed by atoms with Gasteiger partial charge in [-0.15, -0.1) is 0 Å². The van der Waals surface area contributed by atoms with E-state index in [1.54, 1.807) is 22.9 Å². The van der Waals surface area contributed by atoms with Gasteiger partial charge in [0.2, 0.25) is 10.0 Å². The average Bonchev–Trinajstić information content (AvgIpc) is 2.99. The van der Waals surface area contributed by atoms with Crippen LogP contribution in [-0.4, -0.2) is 29.2 Å². The Kier molecular flexibility index (Phi) is 3.98. The van der Waals surface area contributed by atoms with Gasteiger partial charge in [-0.3, -0.25) is 9.97 Å². The van der Waals surface area contributed by atoms with Crippen LogP contribution in [0.1, 0.15) is 30.1 Å². The number of sulfonamides is 1. The minimum Gasteiger partial charge on any atom is -0.261 e. The van der Waals surface area contributed by atoms with E-state index in [9.17, 15) is 8.42 Å². The lowest BCUT2D eigenvalue weighted by Crippen LogP contribution is -2.32. The molecule has 110 valence electrons. The highest BCUT2D eigenvalue weighted by Gasteiger charge is 2.35. The molecule has 2 heterocycles. The molecule has 0 amide bonds. The van der Waals surface area contributed by atoms with Gasteiger partial charge in [0, 0.05) is 18.9 Å². The van der Waals surface area contributed by atoms with Crippen LogP contribution in [0.3, 0.4) is 0 Å². The maximum atomic E-state index is 12.7. The van der Waals surface area contributed by atoms with Gasteiger partial charge in [-0.25, -0.2) is 8.42 Å². The number of benzene rings is 1. The molecule has 0 radical (unpaired) electrons. The van der Waals surface area contributed by atoms with Crippen LogP contribution < -0.4 is 0 Å². The molecule has 0 N–H and O–H groups in total. The van der Waals surface area contributed by atoms with Crippen LogP contribution in [0, 0.1) is 0 Å². The normalized spacial score (nSPS) is 19.7. The molecular formula is C15H17N3O2S. The quantitative estimate of drug-likeness (QED) is 0.868. The van der Waals surface area contributed by atoms with Crippen LogP contribution in [0.5, 0.6) is 0 Å². The number of hydrogen-bond donors (Lipinski definition) is 0. The molecule has 0 saturated carbocycles. The van der Waals surface area contributed by atoms with Crippen molar-refractivity contribution in [1.82, 2.24) is 14.3 Å². The fourth-order valence-electron chi connectivity index (χ4n) is 2.72. The van der Waals surface area contributed by atoms with E-state index >= 15 is 0 Å². The number of nitrogens with zero attached hydrogens (tertiary/aromatic N) is 3. The van der Waals surface area contributed by atoms with Gasteiger partial charge in [-0.2, -0.15) is 4.31 Å². The van der Waals surface area contributed by atoms with Crippen LogP contribution >= 0.6 is 0 Å². The van der Waals surface area contributed by atoms with Crippen LogP contribution in [0.2, 0.25) is 0 Å². The Labute approximate surface area is 124 Å². The second kappa shape index (κ2) is 5.91. The standard InChI is InChI=1S/C15H17N3O2S/c19-21(20,12-13-5-2-1-3-6-13)18-10-4-7-15(18)14-11-16-8-9-17-14/h1-3,5-6,8-9,11,15H,4,7,10,12H2/t15-/m0/s1. The summed E-state index contributed by atoms with van der Waals surface area (Å²) in [6.45, 7) is 0.552. The van der Waals surface area contributed by atoms with Gasteiger partial charge in [0.1, 0.15) is 0 Å². The third kappa shape index (κ3) is 3.11. The lowest BCUT2D eigenvalue weighted by Gasteiger charge is -2.23. The molecule has 0 aliphatic carbocycles. The summed E-state index contributed by atoms with van der Waals surface area (Å²) in [5.74, 6) is 0.0323. The summed E-state index contributed by atoms with van der Waals surface area (Å²) in [7, 11) is -3.34. The second-order valence-corrected chi connectivity index (χ2v) is 7.06. The molecule has 1 aliphatic heterocycles. The predicted molar refractivity (Wildman–Crippen MR) is 79.8 cm³/mol. The molecule has 1 aromatic carbocycles. The summed E-state index contributed by atoms with van der Waals surface area (Å²) in [6, 6.07) is 9.08. The van der Waals surface area contributed by atoms with Crippen LogP contribution in [0.25, 0.3) is 0 Å². The Hall–Kier alpha value is -1.79. The van der Waals surface area contributed by atoms with Gasteiger partial charge < -0.3 is 0 Å². The zero-order valence-corrected chi connectivity index (χ0v) is 12.4. The Bertz CT molecular complexity index is 689. The number of hydrogen-bond acceptors (Lipinski definition) is 4. The molecule has 0 spiro atoms. The van der Waals surface area contributed by atoms with E-state index in [1.165, 1.54) is 0 Å². The van der Waals surface area contributed by atoms with Gasteiger partial charge in [0.05, 0.1) is 23.7 Å². The molecule has 0 unspecified atom stereocenters. The first-order valence-corrected chi connectivity index (χ1v) is 8.57. The van der Waals surface area contributed by atoms with Crippen LogP contribution in [0.15, 0.2) is 48.9 Å². The Morgan fingerprint density at radius 3 is 2.71 bits per heavy atom. The SMILES string of the molecule is O=S(=O)(Cc1ccccc1)N1CCC[C@H]1c1cnccn1. The minimum atomic E-state index is -3.34. The molecule has 21 heavy (non-hydrogen) atoms. The van der Waals surface area contributed by atoms with Crippen LogP contribution in [0.4, 0.5) is 0 Å². The smallest absolute Gasteiger partial charge is 0.218 e. The van der Waals surface area contributed by atoms with Crippen molar-refractivity contribution in [3.05, 3.63) is 60.2 Å². The number of aromatic nitrogens is 2. The third-order valence-corrected chi connectivity index (χ3v) is 5.53. The predicted octanol–water partition coefficient (Wildman–Crippen LogP) is 2.14. The molecule has 0 bridgehead atoms. The van der Waals surface area contributed by atoms with Crippen molar-refractivity contribution >= 4 is 10.0 Å². The summed E-state index contributed by atoms with van der Waals surface area (Å²) < 4.78 is 26.9. The highest BCUT2D eigenvalue weighted by molar-refractivity contribution is 7.88. The van der Waals surface area contributed by atoms with E-state index < -0.39 is 10.0 Å². The van der Waals surface area contributed by atoms with Crippen LogP contribution in [-0.2, 0) is 15.8 Å². The molecular weight excluding hydrogens is 286 g/mol. The van der Waals surface area contributed by atoms with Gasteiger partial charge in [-0.1, -0.05) is 30.3 Å². The number of rotatable bonds is 4. The zero-order valence-electron chi connectivity index (χ0n) is 11.6. The van der Waals surface area contributed by atoms with E-state index in [-0.39, 0.29) is 11.8 Å². The highest BCUT2D eigenvalue weighted by atomic mass is 32.2. The van der Waals surface area contributed by atoms with E-state index in [0.717, 1.165) is 24.1 Å². The van der Waals surface area contributed by atoms with E-state index in [4.69, 9.17) is 0 Å². The highest BCUT2D eigenvalue weighted by Crippen LogP contribution is 2.33. The summed E-state index contributed by atoms with van der Waals surface area (Å²) in [5, 5.41) is 0. The average molecular weight is 303 g/mol. The Balaban J connectivity index is 1.84. The molecule has 6 heteroatoms. The third-order valence-electron chi connectivity index (χ3n) is 3.68. The largest absolute Gasteiger partial charge is 0.261 e. The van der Waals surface area contributed by atoms with Gasteiger partial charge in [0.25, 0.3) is 0 Å². The Morgan fingerprint density at radius 2 is 2.00 bits per heavy atom. The Morgan fingerprint density at radius 1 is 1.19 bits per heavy atom.